The SMILES string of the molecule is Cc1cc(NC(C)(C)C)ncc1C=NO. The van der Waals surface area contributed by atoms with Crippen molar-refractivity contribution in [1.82, 2.24) is 4.98 Å². The molecule has 0 aliphatic carbocycles. The number of nitrogens with one attached hydrogen (secondary N) is 1. The summed E-state index contributed by atoms with van der Waals surface area (Å²) in [6.45, 7) is 8.18. The van der Waals surface area contributed by atoms with Gasteiger partial charge in [0.05, 0.1) is 6.21 Å². The Labute approximate surface area is 90.0 Å². The van der Waals surface area contributed by atoms with Crippen molar-refractivity contribution in [2.45, 2.75) is 33.2 Å². The molecule has 1 rings (SSSR count). The molecule has 0 amide bonds. The van der Waals surface area contributed by atoms with Crippen LogP contribution in [0.3, 0.4) is 0 Å². The van der Waals surface area contributed by atoms with Crippen LogP contribution in [0.15, 0.2) is 17.4 Å². The maximum Gasteiger partial charge on any atom is 0.126 e. The lowest BCUT2D eigenvalue weighted by Crippen LogP contribution is -2.26. The number of nitrogens with zero attached hydrogens (tertiary/aromatic N) is 2. The van der Waals surface area contributed by atoms with Crippen LogP contribution in [-0.4, -0.2) is 21.9 Å². The first kappa shape index (κ1) is 11.5. The summed E-state index contributed by atoms with van der Waals surface area (Å²) in [6.07, 6.45) is 3.06. The molecule has 4 nitrogen and oxygen atoms in total. The summed E-state index contributed by atoms with van der Waals surface area (Å²) in [5.41, 5.74) is 1.83. The van der Waals surface area contributed by atoms with Gasteiger partial charge < -0.3 is 10.5 Å². The Hall–Kier alpha value is -1.58. The molecule has 0 saturated carbocycles. The van der Waals surface area contributed by atoms with E-state index in [1.165, 1.54) is 6.21 Å². The molecule has 4 heteroatoms. The third-order valence-corrected chi connectivity index (χ3v) is 1.85. The standard InChI is InChI=1S/C11H17N3O/c1-8-5-10(14-11(2,3)4)12-6-9(8)7-13-15/h5-7,15H,1-4H3,(H,12,14). The zero-order valence-electron chi connectivity index (χ0n) is 9.57. The van der Waals surface area contributed by atoms with E-state index in [9.17, 15) is 0 Å². The fourth-order valence-electron chi connectivity index (χ4n) is 1.22. The molecule has 82 valence electrons. The van der Waals surface area contributed by atoms with Crippen molar-refractivity contribution in [2.75, 3.05) is 5.32 Å². The third-order valence-electron chi connectivity index (χ3n) is 1.85. The van der Waals surface area contributed by atoms with Crippen LogP contribution >= 0.6 is 0 Å². The Morgan fingerprint density at radius 2 is 2.13 bits per heavy atom. The number of rotatable bonds is 2. The van der Waals surface area contributed by atoms with Gasteiger partial charge in [-0.05, 0) is 39.3 Å². The van der Waals surface area contributed by atoms with Gasteiger partial charge in [-0.15, -0.1) is 0 Å². The quantitative estimate of drug-likeness (QED) is 0.445. The molecule has 0 saturated heterocycles. The van der Waals surface area contributed by atoms with Crippen molar-refractivity contribution in [3.05, 3.63) is 23.4 Å². The van der Waals surface area contributed by atoms with Crippen molar-refractivity contribution in [3.63, 3.8) is 0 Å². The van der Waals surface area contributed by atoms with E-state index in [4.69, 9.17) is 5.21 Å². The Kier molecular flexibility index (Phi) is 3.29. The predicted molar refractivity (Wildman–Crippen MR) is 61.7 cm³/mol. The molecule has 2 N–H and O–H groups in total. The lowest BCUT2D eigenvalue weighted by atomic mass is 10.1. The molecule has 1 aromatic heterocycles. The first-order chi connectivity index (χ1) is 6.92. The third kappa shape index (κ3) is 3.58. The summed E-state index contributed by atoms with van der Waals surface area (Å²) in [7, 11) is 0. The molecule has 0 aliphatic rings. The normalized spacial score (nSPS) is 12.0. The van der Waals surface area contributed by atoms with Gasteiger partial charge in [-0.2, -0.15) is 0 Å². The highest BCUT2D eigenvalue weighted by Gasteiger charge is 2.10. The fraction of sp³-hybridized carbons (Fsp3) is 0.455. The Bertz CT molecular complexity index is 367. The van der Waals surface area contributed by atoms with E-state index < -0.39 is 0 Å². The molecular formula is C11H17N3O. The number of pyridine rings is 1. The summed E-state index contributed by atoms with van der Waals surface area (Å²) in [5, 5.41) is 14.7. The van der Waals surface area contributed by atoms with Gasteiger partial charge in [0, 0.05) is 17.3 Å². The molecule has 15 heavy (non-hydrogen) atoms. The lowest BCUT2D eigenvalue weighted by Gasteiger charge is -2.21. The van der Waals surface area contributed by atoms with Crippen LogP contribution in [0.2, 0.25) is 0 Å². The molecule has 0 unspecified atom stereocenters. The van der Waals surface area contributed by atoms with E-state index in [-0.39, 0.29) is 5.54 Å². The van der Waals surface area contributed by atoms with Crippen LogP contribution in [0.4, 0.5) is 5.82 Å². The van der Waals surface area contributed by atoms with Gasteiger partial charge in [-0.25, -0.2) is 4.98 Å². The monoisotopic (exact) mass is 207 g/mol. The number of oxime groups is 1. The Morgan fingerprint density at radius 3 is 2.60 bits per heavy atom. The second-order valence-corrected chi connectivity index (χ2v) is 4.55. The van der Waals surface area contributed by atoms with Crippen LogP contribution in [0, 0.1) is 6.92 Å². The Morgan fingerprint density at radius 1 is 1.47 bits per heavy atom. The highest BCUT2D eigenvalue weighted by atomic mass is 16.4. The first-order valence-electron chi connectivity index (χ1n) is 4.84. The topological polar surface area (TPSA) is 57.5 Å². The first-order valence-corrected chi connectivity index (χ1v) is 4.84. The smallest absolute Gasteiger partial charge is 0.126 e. The average Bonchev–Trinajstić information content (AvgIpc) is 2.07. The Balaban J connectivity index is 2.92. The van der Waals surface area contributed by atoms with Gasteiger partial charge >= 0.3 is 0 Å². The molecule has 0 fully saturated rings. The maximum atomic E-state index is 8.43. The van der Waals surface area contributed by atoms with Crippen LogP contribution in [0.25, 0.3) is 0 Å². The minimum absolute atomic E-state index is 0.00791. The molecule has 1 aromatic rings. The van der Waals surface area contributed by atoms with Crippen LogP contribution in [0.1, 0.15) is 31.9 Å². The molecular weight excluding hydrogens is 190 g/mol. The summed E-state index contributed by atoms with van der Waals surface area (Å²) in [4.78, 5) is 4.23. The zero-order chi connectivity index (χ0) is 11.5. The average molecular weight is 207 g/mol. The van der Waals surface area contributed by atoms with Crippen molar-refractivity contribution in [1.29, 1.82) is 0 Å². The van der Waals surface area contributed by atoms with Crippen molar-refractivity contribution in [2.24, 2.45) is 5.16 Å². The van der Waals surface area contributed by atoms with E-state index in [0.29, 0.717) is 0 Å². The molecule has 0 aliphatic heterocycles. The van der Waals surface area contributed by atoms with Crippen LogP contribution in [-0.2, 0) is 0 Å². The van der Waals surface area contributed by atoms with Gasteiger partial charge in [0.15, 0.2) is 0 Å². The van der Waals surface area contributed by atoms with Gasteiger partial charge in [0.25, 0.3) is 0 Å². The number of aryl methyl sites for hydroxylation is 1. The van der Waals surface area contributed by atoms with E-state index in [1.54, 1.807) is 6.20 Å². The summed E-state index contributed by atoms with van der Waals surface area (Å²) in [6, 6.07) is 1.93. The molecule has 0 radical (unpaired) electrons. The molecule has 0 bridgehead atoms. The lowest BCUT2D eigenvalue weighted by molar-refractivity contribution is 0.322. The van der Waals surface area contributed by atoms with Crippen LogP contribution in [0.5, 0.6) is 0 Å². The van der Waals surface area contributed by atoms with Crippen molar-refractivity contribution >= 4 is 12.0 Å². The molecule has 1 heterocycles. The predicted octanol–water partition coefficient (Wildman–Crippen LogP) is 2.41. The van der Waals surface area contributed by atoms with Gasteiger partial charge in [0.2, 0.25) is 0 Å². The van der Waals surface area contributed by atoms with Gasteiger partial charge in [-0.3, -0.25) is 0 Å². The highest BCUT2D eigenvalue weighted by Crippen LogP contribution is 2.14. The summed E-state index contributed by atoms with van der Waals surface area (Å²) < 4.78 is 0. The number of hydrogen-bond donors (Lipinski definition) is 2. The van der Waals surface area contributed by atoms with Gasteiger partial charge in [-0.1, -0.05) is 5.16 Å². The van der Waals surface area contributed by atoms with E-state index in [1.807, 2.05) is 13.0 Å². The second kappa shape index (κ2) is 4.29. The highest BCUT2D eigenvalue weighted by molar-refractivity contribution is 5.81. The summed E-state index contributed by atoms with van der Waals surface area (Å²) in [5.74, 6) is 0.829. The molecule has 0 atom stereocenters. The number of hydrogen-bond acceptors (Lipinski definition) is 4. The van der Waals surface area contributed by atoms with Gasteiger partial charge in [0.1, 0.15) is 5.82 Å². The van der Waals surface area contributed by atoms with Crippen LogP contribution < -0.4 is 5.32 Å². The fourth-order valence-corrected chi connectivity index (χ4v) is 1.22. The minimum atomic E-state index is -0.00791. The van der Waals surface area contributed by atoms with Crippen molar-refractivity contribution < 1.29 is 5.21 Å². The minimum Gasteiger partial charge on any atom is -0.411 e. The zero-order valence-corrected chi connectivity index (χ0v) is 9.57. The van der Waals surface area contributed by atoms with E-state index in [0.717, 1.165) is 16.9 Å². The summed E-state index contributed by atoms with van der Waals surface area (Å²) >= 11 is 0. The maximum absolute atomic E-state index is 8.43. The molecule has 0 aromatic carbocycles. The van der Waals surface area contributed by atoms with E-state index in [2.05, 4.69) is 36.2 Å². The molecule has 0 spiro atoms. The van der Waals surface area contributed by atoms with E-state index >= 15 is 0 Å². The second-order valence-electron chi connectivity index (χ2n) is 4.55. The number of aromatic nitrogens is 1. The number of anilines is 1. The van der Waals surface area contributed by atoms with Crippen molar-refractivity contribution in [3.8, 4) is 0 Å². The largest absolute Gasteiger partial charge is 0.411 e.